The Kier molecular flexibility index (Phi) is 4.41. The van der Waals surface area contributed by atoms with Crippen LogP contribution in [-0.2, 0) is 13.2 Å². The predicted molar refractivity (Wildman–Crippen MR) is 107 cm³/mol. The number of fused-ring (bicyclic) bond motifs is 1. The number of nitrogens with zero attached hydrogens (tertiary/aromatic N) is 7. The van der Waals surface area contributed by atoms with Gasteiger partial charge in [0.25, 0.3) is 5.56 Å². The van der Waals surface area contributed by atoms with Gasteiger partial charge in [0, 0.05) is 33.2 Å². The molecular formula is C19H21F3N8O. The van der Waals surface area contributed by atoms with Gasteiger partial charge in [0.15, 0.2) is 5.65 Å². The molecular weight excluding hydrogens is 413 g/mol. The summed E-state index contributed by atoms with van der Waals surface area (Å²) in [7, 11) is 1.71. The molecule has 2 aliphatic heterocycles. The summed E-state index contributed by atoms with van der Waals surface area (Å²) in [6.07, 6.45) is 2.22. The van der Waals surface area contributed by atoms with E-state index in [9.17, 15) is 18.0 Å². The molecule has 12 heteroatoms. The fourth-order valence-corrected chi connectivity index (χ4v) is 4.63. The Morgan fingerprint density at radius 3 is 2.32 bits per heavy atom. The Labute approximate surface area is 174 Å². The minimum absolute atomic E-state index is 0.0795. The summed E-state index contributed by atoms with van der Waals surface area (Å²) in [5.74, 6) is -0.506. The van der Waals surface area contributed by atoms with E-state index < -0.39 is 12.0 Å². The van der Waals surface area contributed by atoms with Gasteiger partial charge < -0.3 is 9.80 Å². The first kappa shape index (κ1) is 19.8. The average Bonchev–Trinajstić information content (AvgIpc) is 3.39. The van der Waals surface area contributed by atoms with E-state index in [1.807, 2.05) is 0 Å². The first-order chi connectivity index (χ1) is 14.8. The van der Waals surface area contributed by atoms with Crippen molar-refractivity contribution in [1.29, 1.82) is 0 Å². The second kappa shape index (κ2) is 6.92. The lowest BCUT2D eigenvalue weighted by Crippen LogP contribution is -2.43. The molecule has 0 atom stereocenters. The zero-order valence-corrected chi connectivity index (χ0v) is 16.9. The maximum atomic E-state index is 12.7. The van der Waals surface area contributed by atoms with Gasteiger partial charge >= 0.3 is 6.18 Å². The standard InChI is InChI=1S/C19H21F3N8O/c1-28-15(31)13-10-25-27-14(13)26-17(28)29-5-2-18(3-6-29)4-7-30(11-18)12-8-23-16(24-9-12)19(20,21)22/h8-10H,2-7,11H2,1H3,(H,25,27). The van der Waals surface area contributed by atoms with Crippen LogP contribution in [0.3, 0.4) is 0 Å². The lowest BCUT2D eigenvalue weighted by Gasteiger charge is -2.40. The summed E-state index contributed by atoms with van der Waals surface area (Å²) < 4.78 is 39.7. The van der Waals surface area contributed by atoms with Crippen LogP contribution in [0.25, 0.3) is 11.0 Å². The van der Waals surface area contributed by atoms with Gasteiger partial charge in [-0.3, -0.25) is 14.5 Å². The van der Waals surface area contributed by atoms with Crippen molar-refractivity contribution >= 4 is 22.7 Å². The number of halogens is 3. The molecule has 2 fully saturated rings. The number of piperidine rings is 1. The van der Waals surface area contributed by atoms with Crippen LogP contribution in [-0.4, -0.2) is 55.9 Å². The predicted octanol–water partition coefficient (Wildman–Crippen LogP) is 1.96. The molecule has 5 heterocycles. The van der Waals surface area contributed by atoms with Crippen LogP contribution in [0.1, 0.15) is 25.1 Å². The van der Waals surface area contributed by atoms with Gasteiger partial charge in [-0.1, -0.05) is 0 Å². The van der Waals surface area contributed by atoms with E-state index >= 15 is 0 Å². The zero-order valence-electron chi connectivity index (χ0n) is 16.9. The lowest BCUT2D eigenvalue weighted by molar-refractivity contribution is -0.144. The summed E-state index contributed by atoms with van der Waals surface area (Å²) >= 11 is 0. The molecule has 2 saturated heterocycles. The Morgan fingerprint density at radius 1 is 1.03 bits per heavy atom. The number of alkyl halides is 3. The van der Waals surface area contributed by atoms with Gasteiger partial charge in [0.1, 0.15) is 5.39 Å². The van der Waals surface area contributed by atoms with Gasteiger partial charge in [-0.2, -0.15) is 23.3 Å². The molecule has 2 aliphatic rings. The van der Waals surface area contributed by atoms with Gasteiger partial charge in [-0.15, -0.1) is 0 Å². The molecule has 31 heavy (non-hydrogen) atoms. The van der Waals surface area contributed by atoms with Crippen molar-refractivity contribution in [3.8, 4) is 0 Å². The quantitative estimate of drug-likeness (QED) is 0.659. The first-order valence-electron chi connectivity index (χ1n) is 10.1. The fourth-order valence-electron chi connectivity index (χ4n) is 4.63. The zero-order chi connectivity index (χ0) is 21.8. The van der Waals surface area contributed by atoms with Crippen LogP contribution < -0.4 is 15.4 Å². The molecule has 5 rings (SSSR count). The molecule has 0 radical (unpaired) electrons. The van der Waals surface area contributed by atoms with Crippen LogP contribution >= 0.6 is 0 Å². The third-order valence-corrected chi connectivity index (χ3v) is 6.47. The topological polar surface area (TPSA) is 95.8 Å². The highest BCUT2D eigenvalue weighted by Crippen LogP contribution is 2.42. The molecule has 0 amide bonds. The Morgan fingerprint density at radius 2 is 1.68 bits per heavy atom. The number of hydrogen-bond donors (Lipinski definition) is 1. The number of H-pyrrole nitrogens is 1. The minimum atomic E-state index is -4.54. The summed E-state index contributed by atoms with van der Waals surface area (Å²) in [6.45, 7) is 3.00. The minimum Gasteiger partial charge on any atom is -0.368 e. The number of aromatic nitrogens is 6. The average molecular weight is 434 g/mol. The largest absolute Gasteiger partial charge is 0.451 e. The van der Waals surface area contributed by atoms with Gasteiger partial charge in [-0.25, -0.2) is 9.97 Å². The molecule has 0 unspecified atom stereocenters. The lowest BCUT2D eigenvalue weighted by atomic mass is 9.78. The Bertz CT molecular complexity index is 1160. The van der Waals surface area contributed by atoms with Gasteiger partial charge in [0.2, 0.25) is 11.8 Å². The highest BCUT2D eigenvalue weighted by atomic mass is 19.4. The Balaban J connectivity index is 1.29. The van der Waals surface area contributed by atoms with Crippen molar-refractivity contribution < 1.29 is 13.2 Å². The smallest absolute Gasteiger partial charge is 0.368 e. The highest BCUT2D eigenvalue weighted by molar-refractivity contribution is 5.73. The van der Waals surface area contributed by atoms with Crippen molar-refractivity contribution in [2.45, 2.75) is 25.4 Å². The normalized spacial score (nSPS) is 19.0. The summed E-state index contributed by atoms with van der Waals surface area (Å²) in [6, 6.07) is 0. The summed E-state index contributed by atoms with van der Waals surface area (Å²) in [5, 5.41) is 7.13. The number of rotatable bonds is 2. The van der Waals surface area contributed by atoms with E-state index in [1.165, 1.54) is 18.6 Å². The molecule has 0 aromatic carbocycles. The summed E-state index contributed by atoms with van der Waals surface area (Å²) in [5.41, 5.74) is 1.04. The second-order valence-electron chi connectivity index (χ2n) is 8.33. The van der Waals surface area contributed by atoms with Crippen molar-refractivity contribution in [1.82, 2.24) is 29.7 Å². The van der Waals surface area contributed by atoms with Crippen molar-refractivity contribution in [3.63, 3.8) is 0 Å². The maximum Gasteiger partial charge on any atom is 0.451 e. The SMILES string of the molecule is Cn1c(N2CCC3(CCN(c4cnc(C(F)(F)F)nc4)C3)CC2)nc2[nH]ncc2c1=O. The maximum absolute atomic E-state index is 12.7. The van der Waals surface area contributed by atoms with Crippen LogP contribution in [0.15, 0.2) is 23.4 Å². The Hall–Kier alpha value is -3.18. The van der Waals surface area contributed by atoms with Crippen molar-refractivity contribution in [2.75, 3.05) is 36.0 Å². The van der Waals surface area contributed by atoms with E-state index in [4.69, 9.17) is 0 Å². The monoisotopic (exact) mass is 434 g/mol. The molecule has 9 nitrogen and oxygen atoms in total. The number of anilines is 2. The number of aromatic amines is 1. The van der Waals surface area contributed by atoms with E-state index in [0.29, 0.717) is 22.7 Å². The molecule has 0 saturated carbocycles. The van der Waals surface area contributed by atoms with Crippen molar-refractivity contribution in [3.05, 3.63) is 34.8 Å². The third-order valence-electron chi connectivity index (χ3n) is 6.47. The highest BCUT2D eigenvalue weighted by Gasteiger charge is 2.42. The first-order valence-corrected chi connectivity index (χ1v) is 10.1. The molecule has 1 N–H and O–H groups in total. The van der Waals surface area contributed by atoms with E-state index in [1.54, 1.807) is 11.6 Å². The molecule has 3 aromatic heterocycles. The van der Waals surface area contributed by atoms with E-state index in [-0.39, 0.29) is 11.0 Å². The van der Waals surface area contributed by atoms with Crippen LogP contribution in [0.5, 0.6) is 0 Å². The van der Waals surface area contributed by atoms with Crippen LogP contribution in [0.4, 0.5) is 24.8 Å². The van der Waals surface area contributed by atoms with Crippen LogP contribution in [0.2, 0.25) is 0 Å². The molecule has 0 aliphatic carbocycles. The number of hydrogen-bond acceptors (Lipinski definition) is 7. The van der Waals surface area contributed by atoms with Crippen LogP contribution in [0, 0.1) is 5.41 Å². The van der Waals surface area contributed by atoms with Crippen molar-refractivity contribution in [2.24, 2.45) is 12.5 Å². The molecule has 1 spiro atoms. The van der Waals surface area contributed by atoms with E-state index in [0.717, 1.165) is 45.4 Å². The third kappa shape index (κ3) is 3.39. The summed E-state index contributed by atoms with van der Waals surface area (Å²) in [4.78, 5) is 28.2. The second-order valence-corrected chi connectivity index (χ2v) is 8.33. The molecule has 164 valence electrons. The fraction of sp³-hybridized carbons (Fsp3) is 0.526. The van der Waals surface area contributed by atoms with Gasteiger partial charge in [-0.05, 0) is 24.7 Å². The number of nitrogens with one attached hydrogen (secondary N) is 1. The molecule has 3 aromatic rings. The van der Waals surface area contributed by atoms with Gasteiger partial charge in [0.05, 0.1) is 24.3 Å². The molecule has 0 bridgehead atoms. The van der Waals surface area contributed by atoms with E-state index in [2.05, 4.69) is 34.9 Å².